The first-order chi connectivity index (χ1) is 11.0. The van der Waals surface area contributed by atoms with Crippen LogP contribution in [0.15, 0.2) is 30.3 Å². The standard InChI is InChI=1S/C18H20N2O2S/c1-12-9-16(23-13(12)2)18(22)19-11-14-5-3-6-15(10-14)20-8-4-7-17(20)21/h3,5-6,9-10H,4,7-8,11H2,1-2H3,(H,19,22). The third kappa shape index (κ3) is 3.45. The van der Waals surface area contributed by atoms with Gasteiger partial charge in [0, 0.05) is 30.1 Å². The van der Waals surface area contributed by atoms with Crippen molar-refractivity contribution in [3.8, 4) is 0 Å². The highest BCUT2D eigenvalue weighted by Crippen LogP contribution is 2.23. The van der Waals surface area contributed by atoms with E-state index in [1.165, 1.54) is 16.2 Å². The van der Waals surface area contributed by atoms with Crippen molar-refractivity contribution >= 4 is 28.8 Å². The lowest BCUT2D eigenvalue weighted by Gasteiger charge is -2.16. The van der Waals surface area contributed by atoms with Crippen LogP contribution < -0.4 is 10.2 Å². The molecule has 1 aliphatic heterocycles. The van der Waals surface area contributed by atoms with Crippen molar-refractivity contribution in [3.05, 3.63) is 51.2 Å². The van der Waals surface area contributed by atoms with Crippen molar-refractivity contribution in [3.63, 3.8) is 0 Å². The largest absolute Gasteiger partial charge is 0.347 e. The number of amides is 2. The Balaban J connectivity index is 1.66. The van der Waals surface area contributed by atoms with Crippen molar-refractivity contribution in [2.24, 2.45) is 0 Å². The molecule has 23 heavy (non-hydrogen) atoms. The zero-order valence-corrected chi connectivity index (χ0v) is 14.2. The highest BCUT2D eigenvalue weighted by molar-refractivity contribution is 7.14. The number of thiophene rings is 1. The van der Waals surface area contributed by atoms with E-state index in [2.05, 4.69) is 5.32 Å². The third-order valence-corrected chi connectivity index (χ3v) is 5.29. The first-order valence-electron chi connectivity index (χ1n) is 7.79. The number of hydrogen-bond acceptors (Lipinski definition) is 3. The predicted molar refractivity (Wildman–Crippen MR) is 93.0 cm³/mol. The van der Waals surface area contributed by atoms with Gasteiger partial charge < -0.3 is 10.2 Å². The van der Waals surface area contributed by atoms with E-state index in [0.717, 1.165) is 34.7 Å². The SMILES string of the molecule is Cc1cc(C(=O)NCc2cccc(N3CCCC3=O)c2)sc1C. The van der Waals surface area contributed by atoms with Crippen molar-refractivity contribution < 1.29 is 9.59 Å². The summed E-state index contributed by atoms with van der Waals surface area (Å²) in [6, 6.07) is 9.75. The third-order valence-electron chi connectivity index (χ3n) is 4.14. The number of aryl methyl sites for hydroxylation is 2. The maximum Gasteiger partial charge on any atom is 0.261 e. The lowest BCUT2D eigenvalue weighted by atomic mass is 10.2. The molecule has 1 aromatic carbocycles. The smallest absolute Gasteiger partial charge is 0.261 e. The molecule has 4 nitrogen and oxygen atoms in total. The Kier molecular flexibility index (Phi) is 4.48. The van der Waals surface area contributed by atoms with Crippen molar-refractivity contribution in [2.45, 2.75) is 33.2 Å². The summed E-state index contributed by atoms with van der Waals surface area (Å²) in [5.41, 5.74) is 3.07. The molecule has 1 aromatic heterocycles. The molecule has 5 heteroatoms. The van der Waals surface area contributed by atoms with Crippen LogP contribution in [0.3, 0.4) is 0 Å². The van der Waals surface area contributed by atoms with Crippen LogP contribution >= 0.6 is 11.3 Å². The van der Waals surface area contributed by atoms with Crippen LogP contribution in [0.1, 0.15) is 38.5 Å². The normalized spacial score (nSPS) is 14.3. The predicted octanol–water partition coefficient (Wildman–Crippen LogP) is 3.42. The topological polar surface area (TPSA) is 49.4 Å². The van der Waals surface area contributed by atoms with E-state index in [1.54, 1.807) is 0 Å². The minimum atomic E-state index is -0.0474. The van der Waals surface area contributed by atoms with Gasteiger partial charge in [-0.3, -0.25) is 9.59 Å². The van der Waals surface area contributed by atoms with E-state index < -0.39 is 0 Å². The van der Waals surface area contributed by atoms with Crippen LogP contribution in [-0.2, 0) is 11.3 Å². The molecule has 2 heterocycles. The fourth-order valence-corrected chi connectivity index (χ4v) is 3.66. The summed E-state index contributed by atoms with van der Waals surface area (Å²) in [6.07, 6.45) is 1.54. The Morgan fingerprint density at radius 1 is 1.30 bits per heavy atom. The molecule has 1 aliphatic rings. The molecule has 1 N–H and O–H groups in total. The Morgan fingerprint density at radius 2 is 2.13 bits per heavy atom. The Labute approximate surface area is 140 Å². The summed E-state index contributed by atoms with van der Waals surface area (Å²) in [4.78, 5) is 27.8. The number of nitrogens with one attached hydrogen (secondary N) is 1. The van der Waals surface area contributed by atoms with Crippen LogP contribution in [0.25, 0.3) is 0 Å². The molecule has 0 bridgehead atoms. The highest BCUT2D eigenvalue weighted by Gasteiger charge is 2.21. The van der Waals surface area contributed by atoms with Gasteiger partial charge in [0.05, 0.1) is 4.88 Å². The van der Waals surface area contributed by atoms with E-state index >= 15 is 0 Å². The molecule has 1 fully saturated rings. The van der Waals surface area contributed by atoms with Gasteiger partial charge in [0.25, 0.3) is 5.91 Å². The molecule has 0 atom stereocenters. The van der Waals surface area contributed by atoms with Crippen LogP contribution in [0.4, 0.5) is 5.69 Å². The van der Waals surface area contributed by atoms with Gasteiger partial charge in [-0.05, 0) is 49.6 Å². The summed E-state index contributed by atoms with van der Waals surface area (Å²) < 4.78 is 0. The van der Waals surface area contributed by atoms with E-state index in [1.807, 2.05) is 49.1 Å². The average molecular weight is 328 g/mol. The van der Waals surface area contributed by atoms with Crippen molar-refractivity contribution in [2.75, 3.05) is 11.4 Å². The second-order valence-corrected chi connectivity index (χ2v) is 7.11. The quantitative estimate of drug-likeness (QED) is 0.935. The van der Waals surface area contributed by atoms with Gasteiger partial charge in [0.1, 0.15) is 0 Å². The zero-order valence-electron chi connectivity index (χ0n) is 13.4. The second kappa shape index (κ2) is 6.54. The van der Waals surface area contributed by atoms with E-state index in [0.29, 0.717) is 13.0 Å². The maximum atomic E-state index is 12.2. The fourth-order valence-electron chi connectivity index (χ4n) is 2.71. The maximum absolute atomic E-state index is 12.2. The Hall–Kier alpha value is -2.14. The highest BCUT2D eigenvalue weighted by atomic mass is 32.1. The number of hydrogen-bond donors (Lipinski definition) is 1. The van der Waals surface area contributed by atoms with Gasteiger partial charge in [-0.15, -0.1) is 11.3 Å². The second-order valence-electron chi connectivity index (χ2n) is 5.85. The lowest BCUT2D eigenvalue weighted by Crippen LogP contribution is -2.24. The molecular formula is C18H20N2O2S. The van der Waals surface area contributed by atoms with Gasteiger partial charge in [-0.25, -0.2) is 0 Å². The van der Waals surface area contributed by atoms with Crippen molar-refractivity contribution in [1.29, 1.82) is 0 Å². The van der Waals surface area contributed by atoms with Gasteiger partial charge in [0.2, 0.25) is 5.91 Å². The molecule has 2 amide bonds. The molecular weight excluding hydrogens is 308 g/mol. The molecule has 3 rings (SSSR count). The number of carbonyl (C=O) groups excluding carboxylic acids is 2. The van der Waals surface area contributed by atoms with Crippen LogP contribution in [0, 0.1) is 13.8 Å². The van der Waals surface area contributed by atoms with Crippen molar-refractivity contribution in [1.82, 2.24) is 5.32 Å². The Bertz CT molecular complexity index is 732. The number of carbonyl (C=O) groups is 2. The summed E-state index contributed by atoms with van der Waals surface area (Å²) in [7, 11) is 0. The minimum Gasteiger partial charge on any atom is -0.347 e. The molecule has 0 saturated carbocycles. The van der Waals surface area contributed by atoms with E-state index in [4.69, 9.17) is 0 Å². The van der Waals surface area contributed by atoms with Gasteiger partial charge in [-0.1, -0.05) is 12.1 Å². The minimum absolute atomic E-state index is 0.0474. The van der Waals surface area contributed by atoms with E-state index in [9.17, 15) is 9.59 Å². The number of rotatable bonds is 4. The van der Waals surface area contributed by atoms with Crippen LogP contribution in [0.2, 0.25) is 0 Å². The molecule has 0 radical (unpaired) electrons. The molecule has 120 valence electrons. The summed E-state index contributed by atoms with van der Waals surface area (Å²) in [6.45, 7) is 5.28. The zero-order chi connectivity index (χ0) is 16.4. The van der Waals surface area contributed by atoms with Crippen LogP contribution in [-0.4, -0.2) is 18.4 Å². The van der Waals surface area contributed by atoms with Crippen LogP contribution in [0.5, 0.6) is 0 Å². The lowest BCUT2D eigenvalue weighted by molar-refractivity contribution is -0.117. The van der Waals surface area contributed by atoms with E-state index in [-0.39, 0.29) is 11.8 Å². The molecule has 2 aromatic rings. The summed E-state index contributed by atoms with van der Waals surface area (Å²) in [5, 5.41) is 2.95. The first-order valence-corrected chi connectivity index (χ1v) is 8.61. The number of anilines is 1. The average Bonchev–Trinajstić information content (AvgIpc) is 3.11. The van der Waals surface area contributed by atoms with Gasteiger partial charge >= 0.3 is 0 Å². The number of nitrogens with zero attached hydrogens (tertiary/aromatic N) is 1. The Morgan fingerprint density at radius 3 is 2.78 bits per heavy atom. The summed E-state index contributed by atoms with van der Waals surface area (Å²) in [5.74, 6) is 0.129. The van der Waals surface area contributed by atoms with Gasteiger partial charge in [-0.2, -0.15) is 0 Å². The number of benzene rings is 1. The molecule has 0 spiro atoms. The molecule has 0 aliphatic carbocycles. The van der Waals surface area contributed by atoms with Gasteiger partial charge in [0.15, 0.2) is 0 Å². The summed E-state index contributed by atoms with van der Waals surface area (Å²) >= 11 is 1.52. The fraction of sp³-hybridized carbons (Fsp3) is 0.333. The molecule has 0 unspecified atom stereocenters. The molecule has 1 saturated heterocycles. The monoisotopic (exact) mass is 328 g/mol. The first kappa shape index (κ1) is 15.7.